The summed E-state index contributed by atoms with van der Waals surface area (Å²) in [6.45, 7) is 0.0377. The maximum absolute atomic E-state index is 12.6. The fraction of sp³-hybridized carbons (Fsp3) is 0.417. The van der Waals surface area contributed by atoms with E-state index in [1.165, 1.54) is 10.4 Å². The largest absolute Gasteiger partial charge is 0.478 e. The minimum Gasteiger partial charge on any atom is -0.478 e. The van der Waals surface area contributed by atoms with Crippen molar-refractivity contribution in [3.63, 3.8) is 0 Å². The van der Waals surface area contributed by atoms with Gasteiger partial charge in [-0.15, -0.1) is 0 Å². The van der Waals surface area contributed by atoms with Crippen LogP contribution in [0.25, 0.3) is 0 Å². The van der Waals surface area contributed by atoms with Crippen LogP contribution in [0, 0.1) is 0 Å². The van der Waals surface area contributed by atoms with Crippen LogP contribution < -0.4 is 0 Å². The van der Waals surface area contributed by atoms with E-state index in [0.29, 0.717) is 19.4 Å². The van der Waals surface area contributed by atoms with Crippen LogP contribution in [-0.4, -0.2) is 48.1 Å². The van der Waals surface area contributed by atoms with Crippen LogP contribution in [0.4, 0.5) is 0 Å². The zero-order valence-electron chi connectivity index (χ0n) is 10.8. The van der Waals surface area contributed by atoms with Crippen molar-refractivity contribution in [2.24, 2.45) is 0 Å². The molecule has 0 aliphatic carbocycles. The van der Waals surface area contributed by atoms with E-state index in [4.69, 9.17) is 16.7 Å². The Morgan fingerprint density at radius 2 is 2.14 bits per heavy atom. The third-order valence-corrected chi connectivity index (χ3v) is 6.56. The highest BCUT2D eigenvalue weighted by Gasteiger charge is 2.35. The zero-order chi connectivity index (χ0) is 15.8. The summed E-state index contributed by atoms with van der Waals surface area (Å²) >= 11 is 8.92. The number of sulfonamides is 1. The van der Waals surface area contributed by atoms with Crippen molar-refractivity contribution < 1.29 is 23.4 Å². The van der Waals surface area contributed by atoms with Crippen molar-refractivity contribution in [2.75, 3.05) is 13.2 Å². The van der Waals surface area contributed by atoms with Crippen molar-refractivity contribution in [1.29, 1.82) is 0 Å². The number of hydrogen-bond acceptors (Lipinski definition) is 4. The monoisotopic (exact) mass is 397 g/mol. The molecule has 0 unspecified atom stereocenters. The molecule has 116 valence electrons. The van der Waals surface area contributed by atoms with Crippen LogP contribution in [0.3, 0.4) is 0 Å². The second-order valence-corrected chi connectivity index (χ2v) is 7.79. The smallest absolute Gasteiger partial charge is 0.337 e. The molecule has 0 amide bonds. The van der Waals surface area contributed by atoms with Gasteiger partial charge in [0.2, 0.25) is 10.0 Å². The van der Waals surface area contributed by atoms with Gasteiger partial charge in [-0.25, -0.2) is 13.2 Å². The predicted octanol–water partition coefficient (Wildman–Crippen LogP) is 1.95. The lowest BCUT2D eigenvalue weighted by atomic mass is 10.2. The number of aliphatic hydroxyl groups is 1. The van der Waals surface area contributed by atoms with Crippen molar-refractivity contribution in [3.8, 4) is 0 Å². The van der Waals surface area contributed by atoms with Gasteiger partial charge in [0.05, 0.1) is 22.1 Å². The summed E-state index contributed by atoms with van der Waals surface area (Å²) < 4.78 is 26.6. The molecule has 1 aliphatic heterocycles. The van der Waals surface area contributed by atoms with Gasteiger partial charge in [0.25, 0.3) is 0 Å². The molecule has 2 N–H and O–H groups in total. The van der Waals surface area contributed by atoms with E-state index >= 15 is 0 Å². The summed E-state index contributed by atoms with van der Waals surface area (Å²) in [7, 11) is -3.87. The molecule has 0 aromatic heterocycles. The van der Waals surface area contributed by atoms with Gasteiger partial charge in [0.15, 0.2) is 0 Å². The molecule has 1 fully saturated rings. The van der Waals surface area contributed by atoms with Crippen molar-refractivity contribution in [1.82, 2.24) is 4.31 Å². The molecular formula is C12H13BrClNO5S. The molecule has 1 atom stereocenters. The molecule has 6 nitrogen and oxygen atoms in total. The molecule has 9 heteroatoms. The number of halogens is 2. The maximum Gasteiger partial charge on any atom is 0.337 e. The molecule has 2 rings (SSSR count). The number of carbonyl (C=O) groups is 1. The lowest BCUT2D eigenvalue weighted by molar-refractivity contribution is 0.0696. The Morgan fingerprint density at radius 1 is 1.48 bits per heavy atom. The summed E-state index contributed by atoms with van der Waals surface area (Å²) in [4.78, 5) is 11.0. The summed E-state index contributed by atoms with van der Waals surface area (Å²) in [5.41, 5.74) is -0.288. The SMILES string of the molecule is O=C(O)c1cc(S(=O)(=O)N2CCC[C@@H]2CO)cc(Br)c1Cl. The topological polar surface area (TPSA) is 94.9 Å². The predicted molar refractivity (Wildman–Crippen MR) is 80.1 cm³/mol. The minimum absolute atomic E-state index is 0.0541. The standard InChI is InChI=1S/C12H13BrClNO5S/c13-10-5-8(4-9(11(10)14)12(17)18)21(19,20)15-3-1-2-7(15)6-16/h4-5,7,16H,1-3,6H2,(H,17,18)/t7-/m1/s1. The van der Waals surface area contributed by atoms with E-state index in [1.807, 2.05) is 0 Å². The number of carboxylic acid groups (broad SMARTS) is 1. The zero-order valence-corrected chi connectivity index (χ0v) is 13.9. The summed E-state index contributed by atoms with van der Waals surface area (Å²) in [5, 5.41) is 18.3. The van der Waals surface area contributed by atoms with Crippen LogP contribution in [0.2, 0.25) is 5.02 Å². The molecule has 1 aromatic carbocycles. The molecule has 1 aliphatic rings. The third-order valence-electron chi connectivity index (χ3n) is 3.37. The Bertz CT molecular complexity index is 678. The molecule has 1 heterocycles. The van der Waals surface area contributed by atoms with Gasteiger partial charge in [0, 0.05) is 17.1 Å². The number of benzene rings is 1. The lowest BCUT2D eigenvalue weighted by Gasteiger charge is -2.22. The lowest BCUT2D eigenvalue weighted by Crippen LogP contribution is -2.37. The number of rotatable bonds is 4. The molecule has 1 saturated heterocycles. The highest BCUT2D eigenvalue weighted by molar-refractivity contribution is 9.10. The van der Waals surface area contributed by atoms with E-state index in [2.05, 4.69) is 15.9 Å². The molecule has 0 spiro atoms. The van der Waals surface area contributed by atoms with Gasteiger partial charge in [-0.2, -0.15) is 4.31 Å². The summed E-state index contributed by atoms with van der Waals surface area (Å²) in [6.07, 6.45) is 1.24. The third kappa shape index (κ3) is 3.09. The number of aromatic carboxylic acids is 1. The van der Waals surface area contributed by atoms with Crippen LogP contribution in [0.1, 0.15) is 23.2 Å². The van der Waals surface area contributed by atoms with Crippen LogP contribution in [0.5, 0.6) is 0 Å². The fourth-order valence-corrected chi connectivity index (χ4v) is 4.85. The highest BCUT2D eigenvalue weighted by atomic mass is 79.9. The molecule has 0 bridgehead atoms. The average molecular weight is 399 g/mol. The first-order valence-corrected chi connectivity index (χ1v) is 8.75. The van der Waals surface area contributed by atoms with Gasteiger partial charge in [-0.05, 0) is 40.9 Å². The van der Waals surface area contributed by atoms with E-state index in [9.17, 15) is 18.3 Å². The maximum atomic E-state index is 12.6. The number of hydrogen-bond donors (Lipinski definition) is 2. The van der Waals surface area contributed by atoms with Gasteiger partial charge in [-0.1, -0.05) is 11.6 Å². The Morgan fingerprint density at radius 3 is 2.71 bits per heavy atom. The Labute approximate surface area is 135 Å². The first-order chi connectivity index (χ1) is 9.78. The highest BCUT2D eigenvalue weighted by Crippen LogP contribution is 2.33. The van der Waals surface area contributed by atoms with Gasteiger partial charge < -0.3 is 10.2 Å². The van der Waals surface area contributed by atoms with Crippen LogP contribution in [-0.2, 0) is 10.0 Å². The summed E-state index contributed by atoms with van der Waals surface area (Å²) in [5.74, 6) is -1.31. The van der Waals surface area contributed by atoms with Gasteiger partial charge >= 0.3 is 5.97 Å². The van der Waals surface area contributed by atoms with Crippen molar-refractivity contribution >= 4 is 43.5 Å². The Hall–Kier alpha value is -0.670. The molecule has 21 heavy (non-hydrogen) atoms. The molecule has 0 saturated carbocycles. The van der Waals surface area contributed by atoms with Crippen LogP contribution in [0.15, 0.2) is 21.5 Å². The van der Waals surface area contributed by atoms with E-state index in [-0.39, 0.29) is 26.6 Å². The van der Waals surface area contributed by atoms with E-state index in [0.717, 1.165) is 6.07 Å². The van der Waals surface area contributed by atoms with Gasteiger partial charge in [-0.3, -0.25) is 0 Å². The van der Waals surface area contributed by atoms with Crippen LogP contribution >= 0.6 is 27.5 Å². The summed E-state index contributed by atoms with van der Waals surface area (Å²) in [6, 6.07) is 1.84. The first kappa shape index (κ1) is 16.7. The Balaban J connectivity index is 2.53. The van der Waals surface area contributed by atoms with Crippen molar-refractivity contribution in [2.45, 2.75) is 23.8 Å². The molecule has 1 aromatic rings. The van der Waals surface area contributed by atoms with E-state index < -0.39 is 22.0 Å². The molecular weight excluding hydrogens is 386 g/mol. The quantitative estimate of drug-likeness (QED) is 0.808. The number of nitrogens with zero attached hydrogens (tertiary/aromatic N) is 1. The number of aliphatic hydroxyl groups excluding tert-OH is 1. The normalized spacial score (nSPS) is 19.9. The second kappa shape index (κ2) is 6.21. The van der Waals surface area contributed by atoms with E-state index in [1.54, 1.807) is 0 Å². The minimum atomic E-state index is -3.87. The number of carboxylic acids is 1. The van der Waals surface area contributed by atoms with Gasteiger partial charge in [0.1, 0.15) is 0 Å². The van der Waals surface area contributed by atoms with Crippen molar-refractivity contribution in [3.05, 3.63) is 27.2 Å². The average Bonchev–Trinajstić information content (AvgIpc) is 2.90. The second-order valence-electron chi connectivity index (χ2n) is 4.67. The first-order valence-electron chi connectivity index (χ1n) is 6.14. The Kier molecular flexibility index (Phi) is 4.94. The fourth-order valence-electron chi connectivity index (χ4n) is 2.31. The molecule has 0 radical (unpaired) electrons.